The summed E-state index contributed by atoms with van der Waals surface area (Å²) in [5, 5.41) is 1.82. The lowest BCUT2D eigenvalue weighted by atomic mass is 10.0. The van der Waals surface area contributed by atoms with Crippen molar-refractivity contribution in [1.82, 2.24) is 10.3 Å². The molecule has 0 atom stereocenters. The molecule has 0 saturated carbocycles. The Bertz CT molecular complexity index is 637. The van der Waals surface area contributed by atoms with Gasteiger partial charge in [-0.05, 0) is 56.2 Å². The first kappa shape index (κ1) is 19.3. The van der Waals surface area contributed by atoms with Crippen LogP contribution in [0.2, 0.25) is 0 Å². The maximum atomic E-state index is 11.7. The van der Waals surface area contributed by atoms with E-state index >= 15 is 0 Å². The SMILES string of the molecule is CC(C)S(=O)(=O)CCCCCCCc1ccc(C2=CSNN2)cc1. The van der Waals surface area contributed by atoms with Gasteiger partial charge >= 0.3 is 0 Å². The quantitative estimate of drug-likeness (QED) is 0.482. The highest BCUT2D eigenvalue weighted by molar-refractivity contribution is 8.00. The molecule has 2 N–H and O–H groups in total. The lowest BCUT2D eigenvalue weighted by molar-refractivity contribution is 0.577. The van der Waals surface area contributed by atoms with E-state index in [9.17, 15) is 8.42 Å². The number of unbranched alkanes of at least 4 members (excludes halogenated alkanes) is 4. The molecule has 134 valence electrons. The van der Waals surface area contributed by atoms with Crippen LogP contribution in [0.3, 0.4) is 0 Å². The second-order valence-corrected chi connectivity index (χ2v) is 9.86. The van der Waals surface area contributed by atoms with Crippen LogP contribution in [0.1, 0.15) is 57.1 Å². The average molecular weight is 369 g/mol. The number of hydrazine groups is 1. The van der Waals surface area contributed by atoms with Gasteiger partial charge in [0, 0.05) is 5.41 Å². The summed E-state index contributed by atoms with van der Waals surface area (Å²) in [4.78, 5) is 3.00. The summed E-state index contributed by atoms with van der Waals surface area (Å²) in [7, 11) is -2.86. The van der Waals surface area contributed by atoms with Gasteiger partial charge in [-0.1, -0.05) is 43.5 Å². The van der Waals surface area contributed by atoms with Crippen molar-refractivity contribution < 1.29 is 8.42 Å². The predicted molar refractivity (Wildman–Crippen MR) is 104 cm³/mol. The number of aryl methyl sites for hydroxylation is 1. The van der Waals surface area contributed by atoms with Crippen molar-refractivity contribution in [3.63, 3.8) is 0 Å². The van der Waals surface area contributed by atoms with E-state index < -0.39 is 9.84 Å². The highest BCUT2D eigenvalue weighted by Gasteiger charge is 2.14. The van der Waals surface area contributed by atoms with E-state index in [1.54, 1.807) is 25.8 Å². The molecule has 24 heavy (non-hydrogen) atoms. The average Bonchev–Trinajstić information content (AvgIpc) is 3.09. The monoisotopic (exact) mass is 368 g/mol. The van der Waals surface area contributed by atoms with Crippen molar-refractivity contribution >= 4 is 27.5 Å². The van der Waals surface area contributed by atoms with Gasteiger partial charge in [0.25, 0.3) is 0 Å². The first-order valence-corrected chi connectivity index (χ1v) is 11.3. The standard InChI is InChI=1S/C18H28N2O2S2/c1-15(2)24(21,22)13-7-5-3-4-6-8-16-9-11-17(12-10-16)18-14-23-20-19-18/h9-12,14-15,19-20H,3-8,13H2,1-2H3. The molecule has 1 aromatic rings. The Balaban J connectivity index is 1.59. The maximum absolute atomic E-state index is 11.7. The normalized spacial score (nSPS) is 14.7. The van der Waals surface area contributed by atoms with E-state index in [1.807, 2.05) is 0 Å². The van der Waals surface area contributed by atoms with E-state index in [0.717, 1.165) is 44.2 Å². The van der Waals surface area contributed by atoms with Gasteiger partial charge in [-0.15, -0.1) is 0 Å². The third-order valence-corrected chi connectivity index (χ3v) is 7.17. The topological polar surface area (TPSA) is 58.2 Å². The molecular formula is C18H28N2O2S2. The van der Waals surface area contributed by atoms with E-state index in [0.29, 0.717) is 5.75 Å². The Labute approximate surface area is 150 Å². The van der Waals surface area contributed by atoms with Crippen LogP contribution >= 0.6 is 11.9 Å². The molecule has 0 saturated heterocycles. The van der Waals surface area contributed by atoms with E-state index in [1.165, 1.54) is 11.1 Å². The molecule has 0 radical (unpaired) electrons. The number of benzene rings is 1. The molecule has 2 rings (SSSR count). The molecule has 0 aromatic heterocycles. The molecule has 1 aromatic carbocycles. The minimum Gasteiger partial charge on any atom is -0.310 e. The largest absolute Gasteiger partial charge is 0.310 e. The van der Waals surface area contributed by atoms with Crippen molar-refractivity contribution in [2.75, 3.05) is 5.75 Å². The van der Waals surface area contributed by atoms with Crippen molar-refractivity contribution in [3.05, 3.63) is 40.8 Å². The van der Waals surface area contributed by atoms with Gasteiger partial charge in [0.2, 0.25) is 0 Å². The van der Waals surface area contributed by atoms with Crippen LogP contribution in [0.5, 0.6) is 0 Å². The zero-order valence-electron chi connectivity index (χ0n) is 14.5. The van der Waals surface area contributed by atoms with Crippen molar-refractivity contribution in [2.24, 2.45) is 0 Å². The number of sulfone groups is 1. The second-order valence-electron chi connectivity index (χ2n) is 6.51. The molecular weight excluding hydrogens is 340 g/mol. The Kier molecular flexibility index (Phi) is 7.65. The summed E-state index contributed by atoms with van der Waals surface area (Å²) in [5.74, 6) is 0.336. The second kappa shape index (κ2) is 9.49. The van der Waals surface area contributed by atoms with Crippen LogP contribution in [0.15, 0.2) is 29.7 Å². The van der Waals surface area contributed by atoms with Gasteiger partial charge in [0.15, 0.2) is 9.84 Å². The number of hydrogen-bond donors (Lipinski definition) is 2. The summed E-state index contributed by atoms with van der Waals surface area (Å²) in [6.07, 6.45) is 6.33. The maximum Gasteiger partial charge on any atom is 0.152 e. The zero-order valence-corrected chi connectivity index (χ0v) is 16.2. The van der Waals surface area contributed by atoms with Gasteiger partial charge in [-0.2, -0.15) is 4.83 Å². The van der Waals surface area contributed by atoms with Crippen LogP contribution in [0.4, 0.5) is 0 Å². The highest BCUT2D eigenvalue weighted by atomic mass is 32.2. The molecule has 0 fully saturated rings. The van der Waals surface area contributed by atoms with Gasteiger partial charge in [0.05, 0.1) is 16.7 Å². The first-order chi connectivity index (χ1) is 11.5. The fraction of sp³-hybridized carbons (Fsp3) is 0.556. The van der Waals surface area contributed by atoms with Crippen molar-refractivity contribution in [3.8, 4) is 0 Å². The van der Waals surface area contributed by atoms with E-state index in [-0.39, 0.29) is 5.25 Å². The van der Waals surface area contributed by atoms with Crippen LogP contribution in [0, 0.1) is 0 Å². The molecule has 0 amide bonds. The predicted octanol–water partition coefficient (Wildman–Crippen LogP) is 4.06. The zero-order chi connectivity index (χ0) is 17.4. The summed E-state index contributed by atoms with van der Waals surface area (Å²) in [5.41, 5.74) is 6.78. The van der Waals surface area contributed by atoms with Gasteiger partial charge in [-0.3, -0.25) is 0 Å². The summed E-state index contributed by atoms with van der Waals surface area (Å²) < 4.78 is 23.4. The van der Waals surface area contributed by atoms with Crippen molar-refractivity contribution in [2.45, 2.75) is 57.6 Å². The van der Waals surface area contributed by atoms with Crippen molar-refractivity contribution in [1.29, 1.82) is 0 Å². The fourth-order valence-corrected chi connectivity index (χ4v) is 4.21. The van der Waals surface area contributed by atoms with Gasteiger partial charge in [0.1, 0.15) is 0 Å². The smallest absolute Gasteiger partial charge is 0.152 e. The third kappa shape index (κ3) is 6.15. The minimum atomic E-state index is -2.86. The van der Waals surface area contributed by atoms with E-state index in [4.69, 9.17) is 0 Å². The van der Waals surface area contributed by atoms with Crippen LogP contribution < -0.4 is 10.3 Å². The first-order valence-electron chi connectivity index (χ1n) is 8.67. The summed E-state index contributed by atoms with van der Waals surface area (Å²) in [6, 6.07) is 8.68. The summed E-state index contributed by atoms with van der Waals surface area (Å²) in [6.45, 7) is 3.52. The van der Waals surface area contributed by atoms with Crippen LogP contribution in [-0.4, -0.2) is 19.4 Å². The number of rotatable bonds is 10. The Hall–Kier alpha value is -0.980. The fourth-order valence-electron chi connectivity index (χ4n) is 2.59. The lowest BCUT2D eigenvalue weighted by Gasteiger charge is -2.07. The Morgan fingerprint density at radius 3 is 2.29 bits per heavy atom. The molecule has 0 bridgehead atoms. The summed E-state index contributed by atoms with van der Waals surface area (Å²) >= 11 is 1.55. The Morgan fingerprint density at radius 2 is 1.67 bits per heavy atom. The molecule has 0 aliphatic carbocycles. The number of hydrogen-bond acceptors (Lipinski definition) is 5. The van der Waals surface area contributed by atoms with Gasteiger partial charge < -0.3 is 5.43 Å². The van der Waals surface area contributed by atoms with Crippen LogP contribution in [0.25, 0.3) is 5.70 Å². The molecule has 0 spiro atoms. The Morgan fingerprint density at radius 1 is 1.00 bits per heavy atom. The number of nitrogens with one attached hydrogen (secondary N) is 2. The highest BCUT2D eigenvalue weighted by Crippen LogP contribution is 2.20. The van der Waals surface area contributed by atoms with E-state index in [2.05, 4.69) is 39.9 Å². The molecule has 6 heteroatoms. The van der Waals surface area contributed by atoms with Crippen LogP contribution in [-0.2, 0) is 16.3 Å². The lowest BCUT2D eigenvalue weighted by Crippen LogP contribution is -2.17. The molecule has 1 aliphatic rings. The molecule has 4 nitrogen and oxygen atoms in total. The third-order valence-electron chi connectivity index (χ3n) is 4.30. The van der Waals surface area contributed by atoms with Gasteiger partial charge in [-0.25, -0.2) is 8.42 Å². The minimum absolute atomic E-state index is 0.245. The molecule has 0 unspecified atom stereocenters. The molecule has 1 heterocycles. The molecule has 1 aliphatic heterocycles.